The van der Waals surface area contributed by atoms with E-state index in [1.54, 1.807) is 0 Å². The second-order valence-electron chi connectivity index (χ2n) is 3.95. The normalized spacial score (nSPS) is 20.2. The van der Waals surface area contributed by atoms with Crippen LogP contribution in [0.1, 0.15) is 17.0 Å². The van der Waals surface area contributed by atoms with Crippen molar-refractivity contribution in [2.24, 2.45) is 0 Å². The van der Waals surface area contributed by atoms with E-state index in [2.05, 4.69) is 10.5 Å². The van der Waals surface area contributed by atoms with E-state index in [0.29, 0.717) is 26.4 Å². The van der Waals surface area contributed by atoms with Gasteiger partial charge in [-0.25, -0.2) is 0 Å². The van der Waals surface area contributed by atoms with Gasteiger partial charge in [0.2, 0.25) is 0 Å². The van der Waals surface area contributed by atoms with Crippen LogP contribution in [0, 0.1) is 13.8 Å². The van der Waals surface area contributed by atoms with Crippen molar-refractivity contribution in [3.05, 3.63) is 17.0 Å². The van der Waals surface area contributed by atoms with Gasteiger partial charge in [-0.05, 0) is 13.8 Å². The molecule has 1 fully saturated rings. The molecule has 1 aromatic heterocycles. The molecule has 2 heterocycles. The summed E-state index contributed by atoms with van der Waals surface area (Å²) in [5.74, 6) is 0.563. The topological polar surface area (TPSA) is 73.6 Å². The number of aryl methyl sites for hydroxylation is 2. The van der Waals surface area contributed by atoms with E-state index in [9.17, 15) is 4.79 Å². The molecule has 0 bridgehead atoms. The zero-order valence-electron chi connectivity index (χ0n) is 9.99. The van der Waals surface area contributed by atoms with Crippen molar-refractivity contribution in [3.8, 4) is 0 Å². The Hall–Kier alpha value is -1.40. The molecule has 1 aromatic rings. The molecule has 1 aliphatic heterocycles. The van der Waals surface area contributed by atoms with Crippen molar-refractivity contribution in [1.29, 1.82) is 0 Å². The van der Waals surface area contributed by atoms with E-state index in [1.807, 2.05) is 13.8 Å². The number of carbonyl (C=O) groups is 1. The highest BCUT2D eigenvalue weighted by atomic mass is 16.6. The van der Waals surface area contributed by atoms with Crippen LogP contribution in [0.4, 0.5) is 0 Å². The molecule has 0 spiro atoms. The summed E-state index contributed by atoms with van der Waals surface area (Å²) in [6.45, 7) is 5.39. The first-order valence-corrected chi connectivity index (χ1v) is 5.57. The maximum absolute atomic E-state index is 11.7. The first-order valence-electron chi connectivity index (χ1n) is 5.57. The lowest BCUT2D eigenvalue weighted by Crippen LogP contribution is -2.42. The number of hydrogen-bond donors (Lipinski definition) is 1. The maximum Gasteiger partial charge on any atom is 0.251 e. The molecular formula is C11H16N2O4. The van der Waals surface area contributed by atoms with Crippen molar-refractivity contribution >= 4 is 5.91 Å². The molecule has 17 heavy (non-hydrogen) atoms. The smallest absolute Gasteiger partial charge is 0.251 e. The van der Waals surface area contributed by atoms with E-state index >= 15 is 0 Å². The van der Waals surface area contributed by atoms with Gasteiger partial charge in [0, 0.05) is 12.1 Å². The summed E-state index contributed by atoms with van der Waals surface area (Å²) in [6.07, 6.45) is -0.510. The van der Waals surface area contributed by atoms with Crippen molar-refractivity contribution in [3.63, 3.8) is 0 Å². The number of hydrogen-bond acceptors (Lipinski definition) is 5. The van der Waals surface area contributed by atoms with Crippen LogP contribution in [0.3, 0.4) is 0 Å². The highest BCUT2D eigenvalue weighted by molar-refractivity contribution is 5.81. The molecule has 0 radical (unpaired) electrons. The molecule has 0 aromatic carbocycles. The molecule has 1 unspecified atom stereocenters. The first kappa shape index (κ1) is 12.1. The van der Waals surface area contributed by atoms with E-state index in [-0.39, 0.29) is 5.91 Å². The lowest BCUT2D eigenvalue weighted by Gasteiger charge is -2.21. The highest BCUT2D eigenvalue weighted by Gasteiger charge is 2.22. The van der Waals surface area contributed by atoms with E-state index < -0.39 is 6.10 Å². The summed E-state index contributed by atoms with van der Waals surface area (Å²) < 4.78 is 15.5. The van der Waals surface area contributed by atoms with Crippen molar-refractivity contribution in [2.45, 2.75) is 26.5 Å². The van der Waals surface area contributed by atoms with Crippen LogP contribution in [-0.4, -0.2) is 37.0 Å². The minimum absolute atomic E-state index is 0.162. The SMILES string of the molecule is Cc1noc(C)c1CNC(=O)C1COCCO1. The minimum atomic E-state index is -0.510. The first-order chi connectivity index (χ1) is 8.18. The van der Waals surface area contributed by atoms with E-state index in [1.165, 1.54) is 0 Å². The van der Waals surface area contributed by atoms with Crippen molar-refractivity contribution in [1.82, 2.24) is 10.5 Å². The third kappa shape index (κ3) is 2.83. The quantitative estimate of drug-likeness (QED) is 0.823. The van der Waals surface area contributed by atoms with Gasteiger partial charge in [0.05, 0.1) is 25.5 Å². The maximum atomic E-state index is 11.7. The molecule has 1 atom stereocenters. The number of nitrogens with zero attached hydrogens (tertiary/aromatic N) is 1. The van der Waals surface area contributed by atoms with Gasteiger partial charge >= 0.3 is 0 Å². The number of nitrogens with one attached hydrogen (secondary N) is 1. The van der Waals surface area contributed by atoms with Crippen molar-refractivity contribution in [2.75, 3.05) is 19.8 Å². The van der Waals surface area contributed by atoms with Gasteiger partial charge in [-0.3, -0.25) is 4.79 Å². The molecule has 1 aliphatic rings. The van der Waals surface area contributed by atoms with Crippen LogP contribution in [0.5, 0.6) is 0 Å². The van der Waals surface area contributed by atoms with Gasteiger partial charge in [0.1, 0.15) is 5.76 Å². The standard InChI is InChI=1S/C11H16N2O4/c1-7-9(8(2)17-13-7)5-12-11(14)10-6-15-3-4-16-10/h10H,3-6H2,1-2H3,(H,12,14). The molecular weight excluding hydrogens is 224 g/mol. The van der Waals surface area contributed by atoms with Gasteiger partial charge in [-0.15, -0.1) is 0 Å². The second kappa shape index (κ2) is 5.29. The van der Waals surface area contributed by atoms with Gasteiger partial charge in [0.25, 0.3) is 5.91 Å². The fraction of sp³-hybridized carbons (Fsp3) is 0.636. The lowest BCUT2D eigenvalue weighted by molar-refractivity contribution is -0.147. The van der Waals surface area contributed by atoms with E-state index in [0.717, 1.165) is 17.0 Å². The zero-order valence-corrected chi connectivity index (χ0v) is 9.99. The Bertz CT molecular complexity index is 377. The summed E-state index contributed by atoms with van der Waals surface area (Å²) in [7, 11) is 0. The van der Waals surface area contributed by atoms with E-state index in [4.69, 9.17) is 14.0 Å². The summed E-state index contributed by atoms with van der Waals surface area (Å²) in [4.78, 5) is 11.7. The predicted octanol–water partition coefficient (Wildman–Crippen LogP) is 0.323. The average Bonchev–Trinajstić information content (AvgIpc) is 2.67. The Kier molecular flexibility index (Phi) is 3.75. The number of carbonyl (C=O) groups excluding carboxylic acids is 1. The lowest BCUT2D eigenvalue weighted by atomic mass is 10.2. The highest BCUT2D eigenvalue weighted by Crippen LogP contribution is 2.11. The number of rotatable bonds is 3. The molecule has 6 heteroatoms. The molecule has 1 N–H and O–H groups in total. The third-order valence-electron chi connectivity index (χ3n) is 2.73. The molecule has 1 saturated heterocycles. The fourth-order valence-electron chi connectivity index (χ4n) is 1.68. The van der Waals surface area contributed by atoms with Gasteiger partial charge in [0.15, 0.2) is 6.10 Å². The molecule has 1 amide bonds. The largest absolute Gasteiger partial charge is 0.376 e. The molecule has 6 nitrogen and oxygen atoms in total. The monoisotopic (exact) mass is 240 g/mol. The summed E-state index contributed by atoms with van der Waals surface area (Å²) in [6, 6.07) is 0. The molecule has 0 saturated carbocycles. The fourth-order valence-corrected chi connectivity index (χ4v) is 1.68. The average molecular weight is 240 g/mol. The van der Waals surface area contributed by atoms with Crippen LogP contribution in [0.25, 0.3) is 0 Å². The number of ether oxygens (including phenoxy) is 2. The zero-order chi connectivity index (χ0) is 12.3. The second-order valence-corrected chi connectivity index (χ2v) is 3.95. The molecule has 0 aliphatic carbocycles. The Morgan fingerprint density at radius 1 is 1.47 bits per heavy atom. The van der Waals surface area contributed by atoms with Gasteiger partial charge < -0.3 is 19.3 Å². The van der Waals surface area contributed by atoms with Gasteiger partial charge in [-0.2, -0.15) is 0 Å². The Morgan fingerprint density at radius 2 is 2.29 bits per heavy atom. The summed E-state index contributed by atoms with van der Waals surface area (Å²) in [5.41, 5.74) is 1.71. The summed E-state index contributed by atoms with van der Waals surface area (Å²) in [5, 5.41) is 6.62. The Morgan fingerprint density at radius 3 is 2.88 bits per heavy atom. The molecule has 94 valence electrons. The van der Waals surface area contributed by atoms with Crippen LogP contribution in [0.2, 0.25) is 0 Å². The van der Waals surface area contributed by atoms with Crippen LogP contribution in [-0.2, 0) is 20.8 Å². The van der Waals surface area contributed by atoms with Gasteiger partial charge in [-0.1, -0.05) is 5.16 Å². The minimum Gasteiger partial charge on any atom is -0.376 e. The Balaban J connectivity index is 1.87. The van der Waals surface area contributed by atoms with Crippen LogP contribution in [0.15, 0.2) is 4.52 Å². The van der Waals surface area contributed by atoms with Crippen LogP contribution < -0.4 is 5.32 Å². The predicted molar refractivity (Wildman–Crippen MR) is 58.4 cm³/mol. The summed E-state index contributed by atoms with van der Waals surface area (Å²) >= 11 is 0. The van der Waals surface area contributed by atoms with Crippen LogP contribution >= 0.6 is 0 Å². The number of aromatic nitrogens is 1. The number of amides is 1. The Labute approximate surface area is 99.2 Å². The third-order valence-corrected chi connectivity index (χ3v) is 2.73. The van der Waals surface area contributed by atoms with Crippen molar-refractivity contribution < 1.29 is 18.8 Å². The molecule has 2 rings (SSSR count).